The van der Waals surface area contributed by atoms with E-state index in [1.807, 2.05) is 6.92 Å². The van der Waals surface area contributed by atoms with Crippen LogP contribution in [0.5, 0.6) is 0 Å². The van der Waals surface area contributed by atoms with Gasteiger partial charge in [-0.1, -0.05) is 30.1 Å². The molecule has 0 atom stereocenters. The first-order valence-electron chi connectivity index (χ1n) is 6.18. The number of nitrogens with one attached hydrogen (secondary N) is 1. The van der Waals surface area contributed by atoms with Crippen molar-refractivity contribution in [2.24, 2.45) is 0 Å². The fourth-order valence-electron chi connectivity index (χ4n) is 1.73. The summed E-state index contributed by atoms with van der Waals surface area (Å²) in [7, 11) is 0. The Hall–Kier alpha value is -1.46. The Labute approximate surface area is 129 Å². The van der Waals surface area contributed by atoms with Crippen LogP contribution >= 0.6 is 23.2 Å². The van der Waals surface area contributed by atoms with Crippen LogP contribution in [0.4, 0.5) is 19.0 Å². The average Bonchev–Trinajstić information content (AvgIpc) is 2.43. The number of hydrogen-bond donors (Lipinski definition) is 1. The summed E-state index contributed by atoms with van der Waals surface area (Å²) in [6, 6.07) is 3.09. The molecule has 7 heteroatoms. The fourth-order valence-corrected chi connectivity index (χ4v) is 2.26. The van der Waals surface area contributed by atoms with Gasteiger partial charge in [0.05, 0.1) is 15.7 Å². The van der Waals surface area contributed by atoms with Gasteiger partial charge in [0.25, 0.3) is 0 Å². The Balaban J connectivity index is 2.53. The summed E-state index contributed by atoms with van der Waals surface area (Å²) < 4.78 is 39.6. The van der Waals surface area contributed by atoms with E-state index in [1.54, 1.807) is 0 Å². The Bertz CT molecular complexity index is 655. The van der Waals surface area contributed by atoms with Crippen molar-refractivity contribution >= 4 is 29.0 Å². The van der Waals surface area contributed by atoms with Crippen molar-refractivity contribution in [3.63, 3.8) is 0 Å². The smallest absolute Gasteiger partial charge is 0.194 e. The Kier molecular flexibility index (Phi) is 4.96. The molecule has 0 aliphatic rings. The quantitative estimate of drug-likeness (QED) is 0.768. The SMILES string of the molecule is CCCNc1nc(-c2cc(F)c(F)c(F)c2)c(Cl)cc1Cl. The van der Waals surface area contributed by atoms with Gasteiger partial charge in [-0.3, -0.25) is 0 Å². The highest BCUT2D eigenvalue weighted by Gasteiger charge is 2.16. The van der Waals surface area contributed by atoms with E-state index in [9.17, 15) is 13.2 Å². The third kappa shape index (κ3) is 3.41. The van der Waals surface area contributed by atoms with E-state index in [-0.39, 0.29) is 16.3 Å². The maximum absolute atomic E-state index is 13.3. The van der Waals surface area contributed by atoms with Crippen molar-refractivity contribution in [1.82, 2.24) is 4.98 Å². The molecular formula is C14H11Cl2F3N2. The largest absolute Gasteiger partial charge is 0.369 e. The zero-order chi connectivity index (χ0) is 15.6. The summed E-state index contributed by atoms with van der Waals surface area (Å²) in [5.74, 6) is -3.79. The Morgan fingerprint density at radius 2 is 1.67 bits per heavy atom. The van der Waals surface area contributed by atoms with Crippen molar-refractivity contribution in [2.45, 2.75) is 13.3 Å². The molecule has 0 bridgehead atoms. The van der Waals surface area contributed by atoms with Gasteiger partial charge in [0, 0.05) is 12.1 Å². The number of anilines is 1. The van der Waals surface area contributed by atoms with E-state index < -0.39 is 17.5 Å². The second kappa shape index (κ2) is 6.54. The fraction of sp³-hybridized carbons (Fsp3) is 0.214. The van der Waals surface area contributed by atoms with Crippen LogP contribution in [0.1, 0.15) is 13.3 Å². The average molecular weight is 335 g/mol. The molecule has 0 aliphatic heterocycles. The Morgan fingerprint density at radius 3 is 2.24 bits per heavy atom. The minimum atomic E-state index is -1.53. The maximum atomic E-state index is 13.3. The Morgan fingerprint density at radius 1 is 1.05 bits per heavy atom. The highest BCUT2D eigenvalue weighted by atomic mass is 35.5. The van der Waals surface area contributed by atoms with Gasteiger partial charge >= 0.3 is 0 Å². The molecule has 0 unspecified atom stereocenters. The number of nitrogens with zero attached hydrogens (tertiary/aromatic N) is 1. The second-order valence-corrected chi connectivity index (χ2v) is 5.14. The van der Waals surface area contributed by atoms with Crippen molar-refractivity contribution in [3.05, 3.63) is 45.7 Å². The molecule has 0 saturated carbocycles. The molecule has 0 aliphatic carbocycles. The lowest BCUT2D eigenvalue weighted by atomic mass is 10.1. The zero-order valence-electron chi connectivity index (χ0n) is 11.0. The molecule has 1 aromatic heterocycles. The van der Waals surface area contributed by atoms with Crippen molar-refractivity contribution in [2.75, 3.05) is 11.9 Å². The van der Waals surface area contributed by atoms with Crippen LogP contribution in [0.25, 0.3) is 11.3 Å². The van der Waals surface area contributed by atoms with E-state index in [0.717, 1.165) is 18.6 Å². The molecule has 0 radical (unpaired) electrons. The normalized spacial score (nSPS) is 10.8. The molecule has 1 N–H and O–H groups in total. The first-order chi connectivity index (χ1) is 9.93. The summed E-state index contributed by atoms with van der Waals surface area (Å²) in [5, 5.41) is 3.39. The van der Waals surface area contributed by atoms with E-state index in [2.05, 4.69) is 10.3 Å². The van der Waals surface area contributed by atoms with Crippen LogP contribution in [0.15, 0.2) is 18.2 Å². The summed E-state index contributed by atoms with van der Waals surface area (Å²) in [5.41, 5.74) is 0.157. The van der Waals surface area contributed by atoms with E-state index >= 15 is 0 Å². The number of aromatic nitrogens is 1. The molecule has 0 saturated heterocycles. The van der Waals surface area contributed by atoms with Crippen LogP contribution in [0.3, 0.4) is 0 Å². The molecule has 21 heavy (non-hydrogen) atoms. The molecule has 2 rings (SSSR count). The molecular weight excluding hydrogens is 324 g/mol. The molecule has 0 fully saturated rings. The van der Waals surface area contributed by atoms with Crippen LogP contribution in [-0.4, -0.2) is 11.5 Å². The van der Waals surface area contributed by atoms with E-state index in [1.165, 1.54) is 6.07 Å². The summed E-state index contributed by atoms with van der Waals surface area (Å²) in [6.45, 7) is 2.59. The van der Waals surface area contributed by atoms with Gasteiger partial charge in [-0.2, -0.15) is 0 Å². The highest BCUT2D eigenvalue weighted by Crippen LogP contribution is 2.33. The van der Waals surface area contributed by atoms with Crippen LogP contribution < -0.4 is 5.32 Å². The molecule has 2 aromatic rings. The second-order valence-electron chi connectivity index (χ2n) is 4.33. The van der Waals surface area contributed by atoms with Gasteiger partial charge in [-0.05, 0) is 24.6 Å². The van der Waals surface area contributed by atoms with Crippen molar-refractivity contribution in [3.8, 4) is 11.3 Å². The minimum Gasteiger partial charge on any atom is -0.369 e. The predicted octanol–water partition coefficient (Wildman–Crippen LogP) is 5.29. The minimum absolute atomic E-state index is 0.0348. The lowest BCUT2D eigenvalue weighted by Gasteiger charge is -2.11. The lowest BCUT2D eigenvalue weighted by molar-refractivity contribution is 0.447. The van der Waals surface area contributed by atoms with Gasteiger partial charge in [0.1, 0.15) is 5.82 Å². The van der Waals surface area contributed by atoms with Gasteiger partial charge < -0.3 is 5.32 Å². The van der Waals surface area contributed by atoms with Gasteiger partial charge in [0.15, 0.2) is 17.5 Å². The van der Waals surface area contributed by atoms with Crippen LogP contribution in [0.2, 0.25) is 10.0 Å². The predicted molar refractivity (Wildman–Crippen MR) is 78.3 cm³/mol. The van der Waals surface area contributed by atoms with E-state index in [0.29, 0.717) is 17.4 Å². The van der Waals surface area contributed by atoms with Gasteiger partial charge in [0.2, 0.25) is 0 Å². The molecule has 2 nitrogen and oxygen atoms in total. The van der Waals surface area contributed by atoms with Gasteiger partial charge in [-0.25, -0.2) is 18.2 Å². The third-order valence-corrected chi connectivity index (χ3v) is 3.31. The van der Waals surface area contributed by atoms with Crippen molar-refractivity contribution in [1.29, 1.82) is 0 Å². The van der Waals surface area contributed by atoms with Crippen LogP contribution in [-0.2, 0) is 0 Å². The lowest BCUT2D eigenvalue weighted by Crippen LogP contribution is -2.04. The highest BCUT2D eigenvalue weighted by molar-refractivity contribution is 6.37. The number of benzene rings is 1. The molecule has 1 heterocycles. The maximum Gasteiger partial charge on any atom is 0.194 e. The summed E-state index contributed by atoms with van der Waals surface area (Å²) in [4.78, 5) is 4.16. The zero-order valence-corrected chi connectivity index (χ0v) is 12.5. The summed E-state index contributed by atoms with van der Waals surface area (Å²) in [6.07, 6.45) is 0.843. The topological polar surface area (TPSA) is 24.9 Å². The standard InChI is InChI=1S/C14H11Cl2F3N2/c1-2-3-20-14-9(16)6-8(15)13(21-14)7-4-10(17)12(19)11(18)5-7/h4-6H,2-3H2,1H3,(H,20,21). The molecule has 112 valence electrons. The number of rotatable bonds is 4. The summed E-state index contributed by atoms with van der Waals surface area (Å²) >= 11 is 12.0. The van der Waals surface area contributed by atoms with Gasteiger partial charge in [-0.15, -0.1) is 0 Å². The number of pyridine rings is 1. The van der Waals surface area contributed by atoms with Crippen LogP contribution in [0, 0.1) is 17.5 Å². The molecule has 0 spiro atoms. The first-order valence-corrected chi connectivity index (χ1v) is 6.94. The molecule has 1 aromatic carbocycles. The third-order valence-electron chi connectivity index (χ3n) is 2.73. The van der Waals surface area contributed by atoms with E-state index in [4.69, 9.17) is 23.2 Å². The van der Waals surface area contributed by atoms with Crippen molar-refractivity contribution < 1.29 is 13.2 Å². The first kappa shape index (κ1) is 15.9. The number of hydrogen-bond acceptors (Lipinski definition) is 2. The molecule has 0 amide bonds. The number of halogens is 5. The monoisotopic (exact) mass is 334 g/mol.